The molecule has 2 unspecified atom stereocenters. The van der Waals surface area contributed by atoms with Gasteiger partial charge in [0.05, 0.1) is 0 Å². The van der Waals surface area contributed by atoms with Gasteiger partial charge in [0.1, 0.15) is 0 Å². The van der Waals surface area contributed by atoms with Gasteiger partial charge in [0.15, 0.2) is 0 Å². The molecular weight excluding hydrogens is 483 g/mol. The minimum atomic E-state index is -1.77. The fourth-order valence-corrected chi connectivity index (χ4v) is 10.2. The molecule has 0 fully saturated rings. The summed E-state index contributed by atoms with van der Waals surface area (Å²) in [7, 11) is -1.77. The Labute approximate surface area is 221 Å². The van der Waals surface area contributed by atoms with Gasteiger partial charge in [-0.1, -0.05) is 63.7 Å². The standard InChI is InChI=1S/C25H39Si.3ClH.Ti/c1-10-12-16-26(9,24-15-13-14-23(24)17(3)11-2)25-21(7)19(5)18(4)20(6)22(25)8;;;;/h15,17H,10-13,16H2,1-9H3;3*1H;/q-1;;;;+4/p-3. The maximum Gasteiger partial charge on any atom is 4.00 e. The summed E-state index contributed by atoms with van der Waals surface area (Å²) in [5.74, 6) is 0.630. The van der Waals surface area contributed by atoms with E-state index in [1.54, 1.807) is 27.1 Å². The van der Waals surface area contributed by atoms with Gasteiger partial charge in [-0.15, -0.1) is 6.42 Å². The maximum absolute atomic E-state index is 3.75. The van der Waals surface area contributed by atoms with Gasteiger partial charge in [-0.05, 0) is 62.4 Å². The molecule has 0 saturated heterocycles. The number of unbranched alkanes of at least 4 members (excludes halogenated alkanes) is 1. The second-order valence-corrected chi connectivity index (χ2v) is 12.9. The first kappa shape index (κ1) is 35.1. The van der Waals surface area contributed by atoms with Crippen molar-refractivity contribution in [3.8, 4) is 0 Å². The molecule has 0 aliphatic heterocycles. The largest absolute Gasteiger partial charge is 4.00 e. The van der Waals surface area contributed by atoms with Crippen LogP contribution in [0.4, 0.5) is 0 Å². The molecule has 0 N–H and O–H groups in total. The van der Waals surface area contributed by atoms with Gasteiger partial charge in [-0.2, -0.15) is 11.3 Å². The van der Waals surface area contributed by atoms with E-state index >= 15 is 0 Å². The molecule has 0 spiro atoms. The van der Waals surface area contributed by atoms with Crippen LogP contribution in [0.2, 0.25) is 12.6 Å². The molecule has 0 amide bonds. The zero-order valence-electron chi connectivity index (χ0n) is 20.3. The molecule has 0 saturated carbocycles. The summed E-state index contributed by atoms with van der Waals surface area (Å²) < 4.78 is 0. The molecule has 1 aromatic rings. The van der Waals surface area contributed by atoms with Crippen LogP contribution in [0.15, 0.2) is 16.8 Å². The first-order valence-electron chi connectivity index (χ1n) is 10.6. The molecule has 2 rings (SSSR count). The smallest absolute Gasteiger partial charge is 1.00 e. The van der Waals surface area contributed by atoms with Crippen LogP contribution >= 0.6 is 0 Å². The zero-order chi connectivity index (χ0) is 19.6. The van der Waals surface area contributed by atoms with Gasteiger partial charge in [0.25, 0.3) is 0 Å². The average molecular weight is 522 g/mol. The number of benzene rings is 1. The van der Waals surface area contributed by atoms with Gasteiger partial charge in [0, 0.05) is 8.07 Å². The van der Waals surface area contributed by atoms with Crippen molar-refractivity contribution in [2.75, 3.05) is 0 Å². The van der Waals surface area contributed by atoms with Gasteiger partial charge < -0.3 is 37.2 Å². The number of halogens is 3. The minimum absolute atomic E-state index is 0. The number of hydrogen-bond acceptors (Lipinski definition) is 0. The Morgan fingerprint density at radius 1 is 0.900 bits per heavy atom. The zero-order valence-corrected chi connectivity index (χ0v) is 25.2. The van der Waals surface area contributed by atoms with Crippen molar-refractivity contribution in [1.82, 2.24) is 0 Å². The van der Waals surface area contributed by atoms with Crippen molar-refractivity contribution in [3.63, 3.8) is 0 Å². The van der Waals surface area contributed by atoms with Crippen LogP contribution in [-0.4, -0.2) is 8.07 Å². The Morgan fingerprint density at radius 2 is 1.37 bits per heavy atom. The second kappa shape index (κ2) is 14.6. The third-order valence-corrected chi connectivity index (χ3v) is 12.0. The molecule has 0 heterocycles. The molecular formula is C25H39Cl3SiTi. The van der Waals surface area contributed by atoms with Crippen LogP contribution in [0.1, 0.15) is 74.3 Å². The Balaban J connectivity index is -0.00000182. The predicted octanol–water partition coefficient (Wildman–Crippen LogP) is -2.03. The molecule has 168 valence electrons. The Kier molecular flexibility index (Phi) is 17.1. The van der Waals surface area contributed by atoms with Gasteiger partial charge in [-0.3, -0.25) is 6.08 Å². The van der Waals surface area contributed by atoms with Crippen molar-refractivity contribution < 1.29 is 58.9 Å². The van der Waals surface area contributed by atoms with E-state index in [1.165, 1.54) is 42.0 Å². The van der Waals surface area contributed by atoms with Crippen molar-refractivity contribution in [3.05, 3.63) is 50.7 Å². The minimum Gasteiger partial charge on any atom is -1.00 e. The number of allylic oxidation sites excluding steroid dienone is 4. The molecule has 5 heteroatoms. The van der Waals surface area contributed by atoms with Crippen LogP contribution in [0.5, 0.6) is 0 Å². The summed E-state index contributed by atoms with van der Waals surface area (Å²) in [5.41, 5.74) is 9.18. The van der Waals surface area contributed by atoms with E-state index in [0.717, 1.165) is 6.42 Å². The van der Waals surface area contributed by atoms with Crippen molar-refractivity contribution in [2.24, 2.45) is 5.92 Å². The topological polar surface area (TPSA) is 0 Å². The van der Waals surface area contributed by atoms with Crippen LogP contribution in [0.3, 0.4) is 0 Å². The summed E-state index contributed by atoms with van der Waals surface area (Å²) in [6, 6.07) is 1.36. The van der Waals surface area contributed by atoms with Crippen molar-refractivity contribution in [2.45, 2.75) is 93.7 Å². The summed E-state index contributed by atoms with van der Waals surface area (Å²) in [6.45, 7) is 21.4. The summed E-state index contributed by atoms with van der Waals surface area (Å²) in [6.07, 6.45) is 11.1. The summed E-state index contributed by atoms with van der Waals surface area (Å²) in [4.78, 5) is 0. The van der Waals surface area contributed by atoms with E-state index in [2.05, 4.69) is 74.1 Å². The number of rotatable bonds is 7. The SMILES string of the molecule is CCCC[Si](C)(C1=CC[C-]=C1C(C)CC)c1c(C)c(C)c(C)c(C)c1C.[Cl-].[Cl-].[Cl-].[Ti+4]. The van der Waals surface area contributed by atoms with Crippen LogP contribution in [0.25, 0.3) is 0 Å². The Hall–Kier alpha value is 0.501. The molecule has 30 heavy (non-hydrogen) atoms. The summed E-state index contributed by atoms with van der Waals surface area (Å²) in [5, 5.41) is 3.43. The van der Waals surface area contributed by atoms with E-state index in [9.17, 15) is 0 Å². The van der Waals surface area contributed by atoms with Crippen LogP contribution < -0.4 is 42.4 Å². The average Bonchev–Trinajstić information content (AvgIpc) is 3.13. The molecule has 0 aromatic heterocycles. The van der Waals surface area contributed by atoms with Crippen LogP contribution in [-0.2, 0) is 21.7 Å². The van der Waals surface area contributed by atoms with E-state index in [1.807, 2.05) is 0 Å². The quantitative estimate of drug-likeness (QED) is 0.287. The maximum atomic E-state index is 3.75. The van der Waals surface area contributed by atoms with E-state index in [-0.39, 0.29) is 58.9 Å². The second-order valence-electron chi connectivity index (χ2n) is 8.66. The Morgan fingerprint density at radius 3 is 1.80 bits per heavy atom. The van der Waals surface area contributed by atoms with Crippen molar-refractivity contribution in [1.29, 1.82) is 0 Å². The summed E-state index contributed by atoms with van der Waals surface area (Å²) >= 11 is 0. The monoisotopic (exact) mass is 520 g/mol. The normalized spacial score (nSPS) is 15.4. The van der Waals surface area contributed by atoms with E-state index in [4.69, 9.17) is 0 Å². The molecule has 1 aliphatic carbocycles. The predicted molar refractivity (Wildman–Crippen MR) is 120 cm³/mol. The molecule has 1 aliphatic rings. The van der Waals surface area contributed by atoms with Gasteiger partial charge in [0.2, 0.25) is 0 Å². The Bertz CT molecular complexity index is 726. The van der Waals surface area contributed by atoms with E-state index < -0.39 is 8.07 Å². The molecule has 0 radical (unpaired) electrons. The van der Waals surface area contributed by atoms with Gasteiger partial charge in [-0.25, -0.2) is 5.57 Å². The third-order valence-electron chi connectivity index (χ3n) is 7.17. The van der Waals surface area contributed by atoms with Crippen LogP contribution in [0, 0.1) is 46.6 Å². The molecule has 2 atom stereocenters. The fraction of sp³-hybridized carbons (Fsp3) is 0.600. The molecule has 0 nitrogen and oxygen atoms in total. The molecule has 1 aromatic carbocycles. The van der Waals surface area contributed by atoms with Gasteiger partial charge >= 0.3 is 21.7 Å². The fourth-order valence-electron chi connectivity index (χ4n) is 4.89. The molecule has 0 bridgehead atoms. The third kappa shape index (κ3) is 6.52. The number of hydrogen-bond donors (Lipinski definition) is 0. The van der Waals surface area contributed by atoms with E-state index in [0.29, 0.717) is 5.92 Å². The first-order chi connectivity index (χ1) is 12.2. The van der Waals surface area contributed by atoms with Crippen molar-refractivity contribution >= 4 is 13.3 Å². The first-order valence-corrected chi connectivity index (χ1v) is 13.3.